The van der Waals surface area contributed by atoms with Gasteiger partial charge < -0.3 is 5.73 Å². The zero-order valence-corrected chi connectivity index (χ0v) is 10.8. The van der Waals surface area contributed by atoms with E-state index in [9.17, 15) is 0 Å². The van der Waals surface area contributed by atoms with E-state index in [4.69, 9.17) is 28.9 Å². The van der Waals surface area contributed by atoms with Gasteiger partial charge in [-0.25, -0.2) is 4.98 Å². The summed E-state index contributed by atoms with van der Waals surface area (Å²) >= 11 is 12.0. The molecule has 0 saturated heterocycles. The summed E-state index contributed by atoms with van der Waals surface area (Å²) < 4.78 is 1.85. The van der Waals surface area contributed by atoms with E-state index < -0.39 is 0 Å². The van der Waals surface area contributed by atoms with Gasteiger partial charge in [-0.2, -0.15) is 5.10 Å². The summed E-state index contributed by atoms with van der Waals surface area (Å²) in [5, 5.41) is 5.06. The van der Waals surface area contributed by atoms with Crippen LogP contribution in [0.2, 0.25) is 10.0 Å². The molecule has 2 N–H and O–H groups in total. The fourth-order valence-electron chi connectivity index (χ4n) is 1.58. The Balaban J connectivity index is 2.52. The number of hydrogen-bond donors (Lipinski definition) is 1. The lowest BCUT2D eigenvalue weighted by molar-refractivity contribution is 0.608. The van der Waals surface area contributed by atoms with Crippen LogP contribution in [0.3, 0.4) is 0 Å². The second-order valence-electron chi connectivity index (χ2n) is 3.63. The van der Waals surface area contributed by atoms with E-state index in [0.717, 1.165) is 18.7 Å². The molecule has 90 valence electrons. The minimum atomic E-state index is 0.273. The third-order valence-electron chi connectivity index (χ3n) is 2.35. The maximum absolute atomic E-state index is 6.12. The number of anilines is 1. The van der Waals surface area contributed by atoms with Crippen molar-refractivity contribution in [3.63, 3.8) is 0 Å². The molecule has 0 saturated carbocycles. The number of nitrogens with two attached hydrogens (primary N) is 1. The van der Waals surface area contributed by atoms with Gasteiger partial charge in [0.2, 0.25) is 0 Å². The van der Waals surface area contributed by atoms with Crippen LogP contribution in [-0.2, 0) is 6.54 Å². The highest BCUT2D eigenvalue weighted by Crippen LogP contribution is 2.30. The Kier molecular flexibility index (Phi) is 3.54. The summed E-state index contributed by atoms with van der Waals surface area (Å²) in [6.07, 6.45) is 2.70. The van der Waals surface area contributed by atoms with Crippen LogP contribution in [0.15, 0.2) is 18.3 Å². The highest BCUT2D eigenvalue weighted by atomic mass is 35.5. The largest absolute Gasteiger partial charge is 0.382 e. The van der Waals surface area contributed by atoms with Crippen molar-refractivity contribution >= 4 is 29.0 Å². The Morgan fingerprint density at radius 2 is 2.12 bits per heavy atom. The van der Waals surface area contributed by atoms with Crippen LogP contribution in [0.4, 0.5) is 5.82 Å². The van der Waals surface area contributed by atoms with Crippen LogP contribution < -0.4 is 5.73 Å². The van der Waals surface area contributed by atoms with Crippen LogP contribution >= 0.6 is 23.2 Å². The highest BCUT2D eigenvalue weighted by Gasteiger charge is 2.13. The number of hydrogen-bond acceptors (Lipinski definition) is 3. The van der Waals surface area contributed by atoms with Crippen molar-refractivity contribution in [2.24, 2.45) is 0 Å². The zero-order valence-electron chi connectivity index (χ0n) is 9.32. The molecule has 2 aromatic heterocycles. The first-order valence-electron chi connectivity index (χ1n) is 5.27. The normalized spacial score (nSPS) is 10.8. The van der Waals surface area contributed by atoms with Gasteiger partial charge in [0.05, 0.1) is 15.7 Å². The summed E-state index contributed by atoms with van der Waals surface area (Å²) in [4.78, 5) is 4.21. The Labute approximate surface area is 109 Å². The fourth-order valence-corrected chi connectivity index (χ4v) is 2.04. The van der Waals surface area contributed by atoms with Gasteiger partial charge in [-0.05, 0) is 18.6 Å². The topological polar surface area (TPSA) is 56.7 Å². The van der Waals surface area contributed by atoms with E-state index in [-0.39, 0.29) is 5.82 Å². The molecule has 0 aliphatic heterocycles. The monoisotopic (exact) mass is 270 g/mol. The maximum atomic E-state index is 6.12. The molecule has 0 bridgehead atoms. The molecule has 4 nitrogen and oxygen atoms in total. The molecule has 0 aliphatic rings. The average Bonchev–Trinajstić information content (AvgIpc) is 2.72. The molecule has 0 atom stereocenters. The van der Waals surface area contributed by atoms with Crippen molar-refractivity contribution < 1.29 is 0 Å². The van der Waals surface area contributed by atoms with Crippen molar-refractivity contribution in [3.05, 3.63) is 28.4 Å². The van der Waals surface area contributed by atoms with Gasteiger partial charge in [0.25, 0.3) is 0 Å². The lowest BCUT2D eigenvalue weighted by Crippen LogP contribution is -2.03. The number of nitrogen functional groups attached to an aromatic ring is 1. The predicted octanol–water partition coefficient (Wildman–Crippen LogP) is 3.24. The lowest BCUT2D eigenvalue weighted by Gasteiger charge is -2.08. The van der Waals surface area contributed by atoms with Crippen molar-refractivity contribution in [2.45, 2.75) is 19.9 Å². The van der Waals surface area contributed by atoms with Gasteiger partial charge in [-0.15, -0.1) is 0 Å². The van der Waals surface area contributed by atoms with Crippen molar-refractivity contribution in [1.29, 1.82) is 0 Å². The van der Waals surface area contributed by atoms with Crippen LogP contribution in [0.5, 0.6) is 0 Å². The first kappa shape index (κ1) is 12.2. The first-order chi connectivity index (χ1) is 8.13. The first-order valence-corrected chi connectivity index (χ1v) is 6.02. The summed E-state index contributed by atoms with van der Waals surface area (Å²) in [6, 6.07) is 3.46. The van der Waals surface area contributed by atoms with Crippen molar-refractivity contribution in [3.8, 4) is 11.4 Å². The quantitative estimate of drug-likeness (QED) is 0.932. The number of nitrogens with zero attached hydrogens (tertiary/aromatic N) is 3. The molecule has 0 aromatic carbocycles. The van der Waals surface area contributed by atoms with Crippen molar-refractivity contribution in [2.75, 3.05) is 5.73 Å². The summed E-state index contributed by atoms with van der Waals surface area (Å²) in [6.45, 7) is 2.89. The average molecular weight is 271 g/mol. The zero-order chi connectivity index (χ0) is 12.4. The van der Waals surface area contributed by atoms with E-state index in [1.165, 1.54) is 0 Å². The van der Waals surface area contributed by atoms with Crippen LogP contribution in [0.25, 0.3) is 11.4 Å². The smallest absolute Gasteiger partial charge is 0.143 e. The second-order valence-corrected chi connectivity index (χ2v) is 4.44. The Morgan fingerprint density at radius 1 is 1.35 bits per heavy atom. The molecule has 2 heterocycles. The molecular formula is C11H12Cl2N4. The Morgan fingerprint density at radius 3 is 2.82 bits per heavy atom. The molecule has 2 aromatic rings. The molecule has 0 radical (unpaired) electrons. The lowest BCUT2D eigenvalue weighted by atomic mass is 10.2. The van der Waals surface area contributed by atoms with E-state index >= 15 is 0 Å². The predicted molar refractivity (Wildman–Crippen MR) is 70.2 cm³/mol. The van der Waals surface area contributed by atoms with Gasteiger partial charge in [0.1, 0.15) is 11.5 Å². The third kappa shape index (κ3) is 2.37. The Hall–Kier alpha value is -1.26. The fraction of sp³-hybridized carbons (Fsp3) is 0.273. The molecule has 6 heteroatoms. The SMILES string of the molecule is CCCn1nccc1-c1nc(N)c(Cl)cc1Cl. The van der Waals surface area contributed by atoms with Crippen molar-refractivity contribution in [1.82, 2.24) is 14.8 Å². The minimum Gasteiger partial charge on any atom is -0.382 e. The molecule has 0 fully saturated rings. The van der Waals surface area contributed by atoms with Crippen LogP contribution in [0.1, 0.15) is 13.3 Å². The minimum absolute atomic E-state index is 0.273. The molecule has 0 aliphatic carbocycles. The number of aryl methyl sites for hydroxylation is 1. The molecule has 2 rings (SSSR count). The molecule has 0 unspecified atom stereocenters. The number of aromatic nitrogens is 3. The molecule has 0 spiro atoms. The number of pyridine rings is 1. The highest BCUT2D eigenvalue weighted by molar-refractivity contribution is 6.37. The van der Waals surface area contributed by atoms with Crippen LogP contribution in [0, 0.1) is 0 Å². The standard InChI is InChI=1S/C11H12Cl2N4/c1-2-5-17-9(3-4-15-17)10-7(12)6-8(13)11(14)16-10/h3-4,6H,2,5H2,1H3,(H2,14,16). The van der Waals surface area contributed by atoms with E-state index in [2.05, 4.69) is 17.0 Å². The third-order valence-corrected chi connectivity index (χ3v) is 2.94. The number of halogens is 2. The molecule has 17 heavy (non-hydrogen) atoms. The summed E-state index contributed by atoms with van der Waals surface area (Å²) in [5.74, 6) is 0.273. The maximum Gasteiger partial charge on any atom is 0.143 e. The molecule has 0 amide bonds. The summed E-state index contributed by atoms with van der Waals surface area (Å²) in [5.41, 5.74) is 7.15. The Bertz CT molecular complexity index is 536. The van der Waals surface area contributed by atoms with Gasteiger partial charge in [0, 0.05) is 12.7 Å². The van der Waals surface area contributed by atoms with Gasteiger partial charge in [-0.3, -0.25) is 4.68 Å². The van der Waals surface area contributed by atoms with E-state index in [1.807, 2.05) is 10.7 Å². The summed E-state index contributed by atoms with van der Waals surface area (Å²) in [7, 11) is 0. The van der Waals surface area contributed by atoms with E-state index in [0.29, 0.717) is 15.7 Å². The van der Waals surface area contributed by atoms with Crippen LogP contribution in [-0.4, -0.2) is 14.8 Å². The van der Waals surface area contributed by atoms with Gasteiger partial charge >= 0.3 is 0 Å². The second kappa shape index (κ2) is 4.94. The molecular weight excluding hydrogens is 259 g/mol. The number of rotatable bonds is 3. The van der Waals surface area contributed by atoms with E-state index in [1.54, 1.807) is 12.3 Å². The van der Waals surface area contributed by atoms with Gasteiger partial charge in [0.15, 0.2) is 0 Å². The van der Waals surface area contributed by atoms with Gasteiger partial charge in [-0.1, -0.05) is 30.1 Å².